The van der Waals surface area contributed by atoms with Crippen LogP contribution in [0.4, 0.5) is 0 Å². The molecule has 1 aromatic rings. The van der Waals surface area contributed by atoms with E-state index in [4.69, 9.17) is 9.52 Å². The van der Waals surface area contributed by atoms with Gasteiger partial charge in [0.15, 0.2) is 0 Å². The number of thioether (sulfide) groups is 1. The van der Waals surface area contributed by atoms with E-state index < -0.39 is 5.97 Å². The van der Waals surface area contributed by atoms with Crippen LogP contribution in [0.2, 0.25) is 0 Å². The summed E-state index contributed by atoms with van der Waals surface area (Å²) in [5, 5.41) is 13.2. The van der Waals surface area contributed by atoms with Crippen LogP contribution in [0, 0.1) is 6.92 Å². The summed E-state index contributed by atoms with van der Waals surface area (Å²) in [5.41, 5.74) is 0.266. The molecule has 1 saturated carbocycles. The summed E-state index contributed by atoms with van der Waals surface area (Å²) in [7, 11) is 0. The first-order valence-corrected chi connectivity index (χ1v) is 7.84. The molecule has 0 spiro atoms. The van der Waals surface area contributed by atoms with Crippen molar-refractivity contribution in [3.63, 3.8) is 0 Å². The molecule has 5 heteroatoms. The second-order valence-corrected chi connectivity index (χ2v) is 6.42. The lowest BCUT2D eigenvalue weighted by molar-refractivity contribution is 0.0695. The van der Waals surface area contributed by atoms with E-state index >= 15 is 0 Å². The molecule has 2 rings (SSSR count). The molecule has 1 aliphatic carbocycles. The third-order valence-electron chi connectivity index (χ3n) is 3.57. The summed E-state index contributed by atoms with van der Waals surface area (Å²) < 4.78 is 5.48. The van der Waals surface area contributed by atoms with Gasteiger partial charge >= 0.3 is 5.97 Å². The topological polar surface area (TPSA) is 62.5 Å². The monoisotopic (exact) mass is 283 g/mol. The number of carbonyl (C=O) groups is 1. The van der Waals surface area contributed by atoms with Gasteiger partial charge in [-0.3, -0.25) is 0 Å². The van der Waals surface area contributed by atoms with Crippen LogP contribution in [0.25, 0.3) is 0 Å². The molecule has 0 aliphatic heterocycles. The summed E-state index contributed by atoms with van der Waals surface area (Å²) in [4.78, 5) is 10.9. The SMILES string of the molecule is CCSC1CCCC1NCc1cc(C(=O)O)c(C)o1. The van der Waals surface area contributed by atoms with Crippen LogP contribution in [-0.4, -0.2) is 28.1 Å². The van der Waals surface area contributed by atoms with Gasteiger partial charge in [-0.1, -0.05) is 13.3 Å². The van der Waals surface area contributed by atoms with Crippen LogP contribution in [0.3, 0.4) is 0 Å². The largest absolute Gasteiger partial charge is 0.478 e. The molecule has 2 unspecified atom stereocenters. The Hall–Kier alpha value is -0.940. The summed E-state index contributed by atoms with van der Waals surface area (Å²) in [5.74, 6) is 1.41. The number of rotatable bonds is 6. The Balaban J connectivity index is 1.91. The van der Waals surface area contributed by atoms with Gasteiger partial charge in [-0.2, -0.15) is 11.8 Å². The molecule has 0 bridgehead atoms. The maximum atomic E-state index is 10.9. The normalized spacial score (nSPS) is 22.8. The molecule has 0 amide bonds. The van der Waals surface area contributed by atoms with E-state index in [1.54, 1.807) is 13.0 Å². The van der Waals surface area contributed by atoms with Crippen LogP contribution in [0.15, 0.2) is 10.5 Å². The highest BCUT2D eigenvalue weighted by molar-refractivity contribution is 7.99. The molecule has 1 aromatic heterocycles. The maximum Gasteiger partial charge on any atom is 0.339 e. The summed E-state index contributed by atoms with van der Waals surface area (Å²) in [6, 6.07) is 2.14. The van der Waals surface area contributed by atoms with Crippen molar-refractivity contribution in [2.24, 2.45) is 0 Å². The molecule has 106 valence electrons. The smallest absolute Gasteiger partial charge is 0.339 e. The fraction of sp³-hybridized carbons (Fsp3) is 0.643. The second-order valence-electron chi connectivity index (χ2n) is 4.90. The lowest BCUT2D eigenvalue weighted by Gasteiger charge is -2.19. The Morgan fingerprint density at radius 1 is 1.58 bits per heavy atom. The van der Waals surface area contributed by atoms with Gasteiger partial charge in [0, 0.05) is 11.3 Å². The lowest BCUT2D eigenvalue weighted by Crippen LogP contribution is -2.33. The molecular weight excluding hydrogens is 262 g/mol. The van der Waals surface area contributed by atoms with Crippen molar-refractivity contribution in [3.05, 3.63) is 23.2 Å². The Bertz CT molecular complexity index is 444. The summed E-state index contributed by atoms with van der Waals surface area (Å²) >= 11 is 2.01. The Morgan fingerprint density at radius 2 is 2.37 bits per heavy atom. The fourth-order valence-electron chi connectivity index (χ4n) is 2.65. The number of nitrogens with one attached hydrogen (secondary N) is 1. The summed E-state index contributed by atoms with van der Waals surface area (Å²) in [6.07, 6.45) is 3.74. The standard InChI is InChI=1S/C14H21NO3S/c1-3-19-13-6-4-5-12(13)15-8-10-7-11(14(16)17)9(2)18-10/h7,12-13,15H,3-6,8H2,1-2H3,(H,16,17). The first-order valence-electron chi connectivity index (χ1n) is 6.79. The van der Waals surface area contributed by atoms with Crippen LogP contribution < -0.4 is 5.32 Å². The number of hydrogen-bond donors (Lipinski definition) is 2. The molecule has 0 aromatic carbocycles. The fourth-order valence-corrected chi connectivity index (χ4v) is 3.87. The van der Waals surface area contributed by atoms with E-state index in [-0.39, 0.29) is 5.56 Å². The lowest BCUT2D eigenvalue weighted by atomic mass is 10.2. The molecule has 4 nitrogen and oxygen atoms in total. The molecular formula is C14H21NO3S. The van der Waals surface area contributed by atoms with E-state index in [0.717, 1.165) is 5.75 Å². The number of aromatic carboxylic acids is 1. The van der Waals surface area contributed by atoms with Gasteiger partial charge in [0.2, 0.25) is 0 Å². The molecule has 0 radical (unpaired) electrons. The molecule has 19 heavy (non-hydrogen) atoms. The average molecular weight is 283 g/mol. The zero-order valence-electron chi connectivity index (χ0n) is 11.4. The number of furan rings is 1. The van der Waals surface area contributed by atoms with Gasteiger partial charge in [0.05, 0.1) is 6.54 Å². The van der Waals surface area contributed by atoms with Gasteiger partial charge in [-0.25, -0.2) is 4.79 Å². The van der Waals surface area contributed by atoms with Crippen molar-refractivity contribution >= 4 is 17.7 Å². The first kappa shape index (κ1) is 14.5. The third-order valence-corrected chi connectivity index (χ3v) is 4.90. The minimum Gasteiger partial charge on any atom is -0.478 e. The van der Waals surface area contributed by atoms with Crippen LogP contribution in [-0.2, 0) is 6.54 Å². The quantitative estimate of drug-likeness (QED) is 0.840. The van der Waals surface area contributed by atoms with Crippen molar-refractivity contribution in [1.29, 1.82) is 0 Å². The highest BCUT2D eigenvalue weighted by Crippen LogP contribution is 2.30. The van der Waals surface area contributed by atoms with Crippen molar-refractivity contribution < 1.29 is 14.3 Å². The Labute approximate surface area is 117 Å². The predicted octanol–water partition coefficient (Wildman–Crippen LogP) is 3.05. The molecule has 1 heterocycles. The highest BCUT2D eigenvalue weighted by Gasteiger charge is 2.27. The first-order chi connectivity index (χ1) is 9.11. The number of carboxylic acids is 1. The molecule has 1 fully saturated rings. The van der Waals surface area contributed by atoms with E-state index in [1.165, 1.54) is 19.3 Å². The van der Waals surface area contributed by atoms with Crippen LogP contribution >= 0.6 is 11.8 Å². The van der Waals surface area contributed by atoms with Crippen molar-refractivity contribution in [2.75, 3.05) is 5.75 Å². The van der Waals surface area contributed by atoms with Gasteiger partial charge < -0.3 is 14.8 Å². The third kappa shape index (κ3) is 3.54. The minimum absolute atomic E-state index is 0.266. The van der Waals surface area contributed by atoms with E-state index in [9.17, 15) is 4.79 Å². The Kier molecular flexibility index (Phi) is 4.93. The zero-order valence-corrected chi connectivity index (χ0v) is 12.3. The predicted molar refractivity (Wildman–Crippen MR) is 76.8 cm³/mol. The second kappa shape index (κ2) is 6.48. The maximum absolute atomic E-state index is 10.9. The van der Waals surface area contributed by atoms with Gasteiger partial charge in [-0.15, -0.1) is 0 Å². The number of carboxylic acid groups (broad SMARTS) is 1. The summed E-state index contributed by atoms with van der Waals surface area (Å²) in [6.45, 7) is 4.49. The van der Waals surface area contributed by atoms with Crippen molar-refractivity contribution in [2.45, 2.75) is 50.9 Å². The average Bonchev–Trinajstić information content (AvgIpc) is 2.94. The zero-order chi connectivity index (χ0) is 13.8. The van der Waals surface area contributed by atoms with Crippen LogP contribution in [0.5, 0.6) is 0 Å². The van der Waals surface area contributed by atoms with Crippen LogP contribution in [0.1, 0.15) is 48.1 Å². The van der Waals surface area contributed by atoms with Gasteiger partial charge in [0.25, 0.3) is 0 Å². The van der Waals surface area contributed by atoms with Crippen molar-refractivity contribution in [1.82, 2.24) is 5.32 Å². The van der Waals surface area contributed by atoms with E-state index in [0.29, 0.717) is 29.4 Å². The Morgan fingerprint density at radius 3 is 3.00 bits per heavy atom. The number of aryl methyl sites for hydroxylation is 1. The number of hydrogen-bond acceptors (Lipinski definition) is 4. The van der Waals surface area contributed by atoms with Gasteiger partial charge in [0.1, 0.15) is 17.1 Å². The molecule has 2 atom stereocenters. The molecule has 1 aliphatic rings. The van der Waals surface area contributed by atoms with Crippen molar-refractivity contribution in [3.8, 4) is 0 Å². The highest BCUT2D eigenvalue weighted by atomic mass is 32.2. The van der Waals surface area contributed by atoms with Gasteiger partial charge in [-0.05, 0) is 31.6 Å². The van der Waals surface area contributed by atoms with E-state index in [1.807, 2.05) is 11.8 Å². The molecule has 0 saturated heterocycles. The van der Waals surface area contributed by atoms with E-state index in [2.05, 4.69) is 12.2 Å². The minimum atomic E-state index is -0.923. The molecule has 2 N–H and O–H groups in total.